The Morgan fingerprint density at radius 3 is 2.94 bits per heavy atom. The van der Waals surface area contributed by atoms with Gasteiger partial charge >= 0.3 is 11.8 Å². The van der Waals surface area contributed by atoms with E-state index in [-0.39, 0.29) is 29.5 Å². The summed E-state index contributed by atoms with van der Waals surface area (Å²) in [7, 11) is 0. The Balaban J connectivity index is 2.11. The number of ether oxygens (including phenoxy) is 1. The lowest BCUT2D eigenvalue weighted by atomic mass is 10.4. The van der Waals surface area contributed by atoms with Crippen molar-refractivity contribution in [3.05, 3.63) is 40.0 Å². The quantitative estimate of drug-likeness (QED) is 0.811. The number of carbonyl (C=O) groups is 1. The second-order valence-corrected chi connectivity index (χ2v) is 3.34. The number of aryl methyl sites for hydroxylation is 1. The van der Waals surface area contributed by atoms with E-state index in [2.05, 4.69) is 14.7 Å². The van der Waals surface area contributed by atoms with E-state index in [9.17, 15) is 9.59 Å². The van der Waals surface area contributed by atoms with E-state index in [1.165, 1.54) is 12.3 Å². The molecular weight excluding hydrogens is 242 g/mol. The fourth-order valence-electron chi connectivity index (χ4n) is 1.22. The lowest BCUT2D eigenvalue weighted by Crippen LogP contribution is -2.12. The predicted octanol–water partition coefficient (Wildman–Crippen LogP) is 0.00912. The number of amides is 1. The minimum atomic E-state index is -0.829. The Hall–Kier alpha value is -2.64. The van der Waals surface area contributed by atoms with Crippen LogP contribution in [0.3, 0.4) is 0 Å². The molecule has 0 bridgehead atoms. The molecule has 2 aromatic rings. The van der Waals surface area contributed by atoms with E-state index in [0.717, 1.165) is 0 Å². The highest BCUT2D eigenvalue weighted by atomic mass is 16.5. The lowest BCUT2D eigenvalue weighted by molar-refractivity contribution is 0.0958. The molecule has 0 aliphatic rings. The first-order valence-electron chi connectivity index (χ1n) is 4.91. The van der Waals surface area contributed by atoms with Crippen LogP contribution in [0.2, 0.25) is 0 Å². The van der Waals surface area contributed by atoms with Gasteiger partial charge in [0.15, 0.2) is 6.61 Å². The molecular formula is C10H9N3O5. The van der Waals surface area contributed by atoms with Crippen LogP contribution in [0.1, 0.15) is 22.3 Å². The van der Waals surface area contributed by atoms with Crippen molar-refractivity contribution in [3.63, 3.8) is 0 Å². The molecule has 0 aromatic carbocycles. The van der Waals surface area contributed by atoms with Crippen molar-refractivity contribution in [3.8, 4) is 5.75 Å². The molecule has 0 fully saturated rings. The SMILES string of the molecule is Cc1occc(=O)c1OCc1noc(C(N)=O)n1. The van der Waals surface area contributed by atoms with Crippen LogP contribution in [0.5, 0.6) is 5.75 Å². The molecule has 0 saturated carbocycles. The zero-order valence-corrected chi connectivity index (χ0v) is 9.37. The summed E-state index contributed by atoms with van der Waals surface area (Å²) in [5.74, 6) is -0.648. The normalized spacial score (nSPS) is 10.3. The van der Waals surface area contributed by atoms with Crippen LogP contribution in [0.15, 0.2) is 26.1 Å². The summed E-state index contributed by atoms with van der Waals surface area (Å²) in [6.07, 6.45) is 1.27. The summed E-state index contributed by atoms with van der Waals surface area (Å²) in [5, 5.41) is 3.47. The van der Waals surface area contributed by atoms with Gasteiger partial charge in [0.25, 0.3) is 0 Å². The van der Waals surface area contributed by atoms with E-state index in [1.54, 1.807) is 6.92 Å². The van der Waals surface area contributed by atoms with Gasteiger partial charge in [0.05, 0.1) is 6.26 Å². The fourth-order valence-corrected chi connectivity index (χ4v) is 1.22. The summed E-state index contributed by atoms with van der Waals surface area (Å²) in [6, 6.07) is 1.23. The molecule has 2 rings (SSSR count). The Kier molecular flexibility index (Phi) is 3.09. The summed E-state index contributed by atoms with van der Waals surface area (Å²) >= 11 is 0. The minimum Gasteiger partial charge on any atom is -0.478 e. The maximum Gasteiger partial charge on any atom is 0.315 e. The first-order valence-corrected chi connectivity index (χ1v) is 4.91. The van der Waals surface area contributed by atoms with E-state index < -0.39 is 5.91 Å². The number of hydrogen-bond acceptors (Lipinski definition) is 7. The van der Waals surface area contributed by atoms with Crippen LogP contribution in [-0.4, -0.2) is 16.0 Å². The molecule has 1 amide bonds. The lowest BCUT2D eigenvalue weighted by Gasteiger charge is -2.03. The molecule has 0 radical (unpaired) electrons. The largest absolute Gasteiger partial charge is 0.478 e. The molecule has 8 heteroatoms. The zero-order chi connectivity index (χ0) is 13.1. The third-order valence-corrected chi connectivity index (χ3v) is 2.03. The van der Waals surface area contributed by atoms with Crippen LogP contribution in [0.4, 0.5) is 0 Å². The van der Waals surface area contributed by atoms with Crippen molar-refractivity contribution < 1.29 is 18.5 Å². The first-order chi connectivity index (χ1) is 8.58. The number of nitrogens with zero attached hydrogens (tertiary/aromatic N) is 2. The fraction of sp³-hybridized carbons (Fsp3) is 0.200. The molecule has 18 heavy (non-hydrogen) atoms. The average Bonchev–Trinajstić information content (AvgIpc) is 2.77. The molecule has 0 spiro atoms. The Morgan fingerprint density at radius 2 is 2.33 bits per heavy atom. The summed E-state index contributed by atoms with van der Waals surface area (Å²) < 4.78 is 14.8. The summed E-state index contributed by atoms with van der Waals surface area (Å²) in [5.41, 5.74) is 4.62. The smallest absolute Gasteiger partial charge is 0.315 e. The van der Waals surface area contributed by atoms with Crippen molar-refractivity contribution in [1.29, 1.82) is 0 Å². The van der Waals surface area contributed by atoms with Crippen LogP contribution in [-0.2, 0) is 6.61 Å². The van der Waals surface area contributed by atoms with Crippen molar-refractivity contribution in [2.45, 2.75) is 13.5 Å². The number of rotatable bonds is 4. The molecule has 0 unspecified atom stereocenters. The topological polar surface area (TPSA) is 121 Å². The maximum absolute atomic E-state index is 11.5. The maximum atomic E-state index is 11.5. The zero-order valence-electron chi connectivity index (χ0n) is 9.37. The van der Waals surface area contributed by atoms with Gasteiger partial charge in [-0.15, -0.1) is 0 Å². The highest BCUT2D eigenvalue weighted by Gasteiger charge is 2.13. The van der Waals surface area contributed by atoms with Gasteiger partial charge in [0.2, 0.25) is 17.0 Å². The summed E-state index contributed by atoms with van der Waals surface area (Å²) in [4.78, 5) is 25.8. The van der Waals surface area contributed by atoms with E-state index in [1.807, 2.05) is 0 Å². The molecule has 2 N–H and O–H groups in total. The third kappa shape index (κ3) is 2.37. The Bertz CT molecular complexity index is 630. The van der Waals surface area contributed by atoms with Crippen molar-refractivity contribution in [2.75, 3.05) is 0 Å². The van der Waals surface area contributed by atoms with Crippen molar-refractivity contribution in [1.82, 2.24) is 10.1 Å². The van der Waals surface area contributed by atoms with Gasteiger partial charge in [-0.1, -0.05) is 5.16 Å². The van der Waals surface area contributed by atoms with Gasteiger partial charge in [-0.3, -0.25) is 9.59 Å². The first kappa shape index (κ1) is 11.8. The highest BCUT2D eigenvalue weighted by Crippen LogP contribution is 2.12. The highest BCUT2D eigenvalue weighted by molar-refractivity contribution is 5.87. The Morgan fingerprint density at radius 1 is 1.56 bits per heavy atom. The second kappa shape index (κ2) is 4.70. The van der Waals surface area contributed by atoms with Crippen LogP contribution < -0.4 is 15.9 Å². The molecule has 94 valence electrons. The Labute approximate surface area is 100 Å². The number of aromatic nitrogens is 2. The third-order valence-electron chi connectivity index (χ3n) is 2.03. The predicted molar refractivity (Wildman–Crippen MR) is 56.9 cm³/mol. The molecule has 8 nitrogen and oxygen atoms in total. The standard InChI is InChI=1S/C10H9N3O5/c1-5-8(6(14)2-3-16-5)17-4-7-12-10(9(11)15)18-13-7/h2-3H,4H2,1H3,(H2,11,15). The van der Waals surface area contributed by atoms with Crippen molar-refractivity contribution in [2.24, 2.45) is 5.73 Å². The molecule has 0 atom stereocenters. The van der Waals surface area contributed by atoms with E-state index in [4.69, 9.17) is 14.9 Å². The molecule has 0 aliphatic carbocycles. The van der Waals surface area contributed by atoms with Gasteiger partial charge in [-0.2, -0.15) is 4.98 Å². The van der Waals surface area contributed by atoms with Crippen LogP contribution >= 0.6 is 0 Å². The van der Waals surface area contributed by atoms with Gasteiger partial charge in [0, 0.05) is 6.07 Å². The number of nitrogens with two attached hydrogens (primary N) is 1. The van der Waals surface area contributed by atoms with Crippen molar-refractivity contribution >= 4 is 5.91 Å². The average molecular weight is 251 g/mol. The molecule has 0 saturated heterocycles. The monoisotopic (exact) mass is 251 g/mol. The number of primary amides is 1. The van der Waals surface area contributed by atoms with Crippen LogP contribution in [0, 0.1) is 6.92 Å². The van der Waals surface area contributed by atoms with Crippen LogP contribution in [0.25, 0.3) is 0 Å². The van der Waals surface area contributed by atoms with Gasteiger partial charge < -0.3 is 19.4 Å². The summed E-state index contributed by atoms with van der Waals surface area (Å²) in [6.45, 7) is 1.45. The molecule has 2 aromatic heterocycles. The minimum absolute atomic E-state index is 0.0583. The van der Waals surface area contributed by atoms with E-state index in [0.29, 0.717) is 5.76 Å². The van der Waals surface area contributed by atoms with E-state index >= 15 is 0 Å². The van der Waals surface area contributed by atoms with Gasteiger partial charge in [-0.25, -0.2) is 0 Å². The second-order valence-electron chi connectivity index (χ2n) is 3.34. The van der Waals surface area contributed by atoms with Gasteiger partial charge in [0.1, 0.15) is 5.76 Å². The number of hydrogen-bond donors (Lipinski definition) is 1. The van der Waals surface area contributed by atoms with Gasteiger partial charge in [-0.05, 0) is 6.92 Å². The molecule has 2 heterocycles. The molecule has 0 aliphatic heterocycles. The number of carbonyl (C=O) groups excluding carboxylic acids is 1.